The van der Waals surface area contributed by atoms with Gasteiger partial charge in [-0.05, 0) is 44.4 Å². The summed E-state index contributed by atoms with van der Waals surface area (Å²) in [6.45, 7) is 3.87. The molecule has 1 heterocycles. The summed E-state index contributed by atoms with van der Waals surface area (Å²) >= 11 is 0. The summed E-state index contributed by atoms with van der Waals surface area (Å²) in [6.07, 6.45) is 5.23. The topological polar surface area (TPSA) is 64.4 Å². The number of aryl methyl sites for hydroxylation is 1. The fraction of sp³-hybridized carbons (Fsp3) is 0.556. The molecule has 5 heteroatoms. The van der Waals surface area contributed by atoms with Crippen LogP contribution in [0.5, 0.6) is 0 Å². The molecule has 1 aliphatic rings. The molecular formula is C18H24N2O3. The number of rotatable bonds is 4. The summed E-state index contributed by atoms with van der Waals surface area (Å²) in [5, 5.41) is 3.44. The van der Waals surface area contributed by atoms with E-state index in [1.54, 1.807) is 0 Å². The number of esters is 1. The molecule has 1 unspecified atom stereocenters. The Morgan fingerprint density at radius 2 is 2.09 bits per heavy atom. The second-order valence-electron chi connectivity index (χ2n) is 6.52. The summed E-state index contributed by atoms with van der Waals surface area (Å²) < 4.78 is 10.9. The fourth-order valence-electron chi connectivity index (χ4n) is 3.47. The lowest BCUT2D eigenvalue weighted by atomic mass is 9.81. The van der Waals surface area contributed by atoms with Gasteiger partial charge >= 0.3 is 5.97 Å². The van der Waals surface area contributed by atoms with Gasteiger partial charge in [0.05, 0.1) is 12.6 Å². The number of nitrogens with one attached hydrogen (secondary N) is 1. The highest BCUT2D eigenvalue weighted by atomic mass is 16.5. The average Bonchev–Trinajstić information content (AvgIpc) is 2.98. The van der Waals surface area contributed by atoms with Gasteiger partial charge in [-0.25, -0.2) is 4.98 Å². The second-order valence-corrected chi connectivity index (χ2v) is 6.52. The lowest BCUT2D eigenvalue weighted by Crippen LogP contribution is -2.51. The predicted octanol–water partition coefficient (Wildman–Crippen LogP) is 3.45. The van der Waals surface area contributed by atoms with Crippen LogP contribution in [0.15, 0.2) is 22.6 Å². The number of benzene rings is 1. The Bertz CT molecular complexity index is 701. The van der Waals surface area contributed by atoms with Gasteiger partial charge in [-0.1, -0.05) is 25.3 Å². The van der Waals surface area contributed by atoms with Gasteiger partial charge in [0.2, 0.25) is 5.89 Å². The van der Waals surface area contributed by atoms with Crippen molar-refractivity contribution < 1.29 is 13.9 Å². The van der Waals surface area contributed by atoms with Crippen molar-refractivity contribution >= 4 is 17.1 Å². The minimum Gasteiger partial charge on any atom is -0.468 e. The molecule has 23 heavy (non-hydrogen) atoms. The molecule has 0 aliphatic heterocycles. The van der Waals surface area contributed by atoms with Crippen molar-refractivity contribution in [2.75, 3.05) is 7.11 Å². The van der Waals surface area contributed by atoms with Crippen LogP contribution in [0.4, 0.5) is 0 Å². The maximum atomic E-state index is 11.8. The van der Waals surface area contributed by atoms with E-state index in [4.69, 9.17) is 14.1 Å². The number of ether oxygens (including phenoxy) is 1. The molecular weight excluding hydrogens is 292 g/mol. The zero-order valence-electron chi connectivity index (χ0n) is 14.0. The Morgan fingerprint density at radius 3 is 2.78 bits per heavy atom. The van der Waals surface area contributed by atoms with Crippen LogP contribution in [0, 0.1) is 6.92 Å². The van der Waals surface area contributed by atoms with Crippen molar-refractivity contribution in [3.8, 4) is 0 Å². The van der Waals surface area contributed by atoms with E-state index in [-0.39, 0.29) is 5.97 Å². The van der Waals surface area contributed by atoms with Gasteiger partial charge in [0.25, 0.3) is 0 Å². The third-order valence-corrected chi connectivity index (χ3v) is 4.71. The molecule has 0 radical (unpaired) electrons. The van der Waals surface area contributed by atoms with Crippen LogP contribution in [0.1, 0.15) is 50.5 Å². The first kappa shape index (κ1) is 16.0. The number of aromatic nitrogens is 1. The van der Waals surface area contributed by atoms with Crippen LogP contribution in [0.25, 0.3) is 11.1 Å². The SMILES string of the molecule is COC(=O)C(C)NC1(c2nc3cc(C)ccc3o2)CCCCC1. The normalized spacial score (nSPS) is 18.7. The number of nitrogens with zero attached hydrogens (tertiary/aromatic N) is 1. The minimum absolute atomic E-state index is 0.262. The van der Waals surface area contributed by atoms with E-state index in [1.165, 1.54) is 13.5 Å². The molecule has 2 aromatic rings. The van der Waals surface area contributed by atoms with Gasteiger partial charge in [-0.2, -0.15) is 0 Å². The van der Waals surface area contributed by atoms with Crippen molar-refractivity contribution in [2.24, 2.45) is 0 Å². The molecule has 1 aliphatic carbocycles. The van der Waals surface area contributed by atoms with E-state index >= 15 is 0 Å². The van der Waals surface area contributed by atoms with Crippen molar-refractivity contribution in [3.63, 3.8) is 0 Å². The Labute approximate surface area is 136 Å². The summed E-state index contributed by atoms with van der Waals surface area (Å²) in [6, 6.07) is 5.62. The molecule has 0 spiro atoms. The largest absolute Gasteiger partial charge is 0.468 e. The van der Waals surface area contributed by atoms with Crippen molar-refractivity contribution in [3.05, 3.63) is 29.7 Å². The first-order valence-electron chi connectivity index (χ1n) is 8.27. The maximum Gasteiger partial charge on any atom is 0.322 e. The van der Waals surface area contributed by atoms with E-state index in [0.717, 1.165) is 42.3 Å². The molecule has 124 valence electrons. The van der Waals surface area contributed by atoms with Crippen LogP contribution in [-0.4, -0.2) is 24.1 Å². The number of fused-ring (bicyclic) bond motifs is 1. The van der Waals surface area contributed by atoms with E-state index in [9.17, 15) is 4.79 Å². The van der Waals surface area contributed by atoms with Gasteiger partial charge in [-0.3, -0.25) is 10.1 Å². The molecule has 1 aromatic carbocycles. The lowest BCUT2D eigenvalue weighted by molar-refractivity contribution is -0.143. The predicted molar refractivity (Wildman–Crippen MR) is 88.1 cm³/mol. The van der Waals surface area contributed by atoms with Gasteiger partial charge in [0.1, 0.15) is 11.6 Å². The van der Waals surface area contributed by atoms with Crippen molar-refractivity contribution in [1.29, 1.82) is 0 Å². The number of carbonyl (C=O) groups is 1. The number of carbonyl (C=O) groups excluding carboxylic acids is 1. The molecule has 0 bridgehead atoms. The number of oxazole rings is 1. The minimum atomic E-state index is -0.394. The standard InChI is InChI=1S/C18H24N2O3/c1-12-7-8-15-14(11-12)19-17(23-15)18(9-5-4-6-10-18)20-13(2)16(21)22-3/h7-8,11,13,20H,4-6,9-10H2,1-3H3. The maximum absolute atomic E-state index is 11.8. The zero-order valence-corrected chi connectivity index (χ0v) is 14.0. The first-order valence-corrected chi connectivity index (χ1v) is 8.27. The van der Waals surface area contributed by atoms with Gasteiger partial charge in [0.15, 0.2) is 5.58 Å². The molecule has 5 nitrogen and oxygen atoms in total. The molecule has 1 aromatic heterocycles. The second kappa shape index (κ2) is 6.32. The lowest BCUT2D eigenvalue weighted by Gasteiger charge is -2.37. The van der Waals surface area contributed by atoms with E-state index < -0.39 is 11.6 Å². The number of methoxy groups -OCH3 is 1. The zero-order chi connectivity index (χ0) is 16.4. The molecule has 1 atom stereocenters. The monoisotopic (exact) mass is 316 g/mol. The highest BCUT2D eigenvalue weighted by Gasteiger charge is 2.40. The Hall–Kier alpha value is -1.88. The van der Waals surface area contributed by atoms with Crippen molar-refractivity contribution in [1.82, 2.24) is 10.3 Å². The number of hydrogen-bond acceptors (Lipinski definition) is 5. The van der Waals surface area contributed by atoms with E-state index in [2.05, 4.69) is 5.32 Å². The van der Waals surface area contributed by atoms with E-state index in [0.29, 0.717) is 5.89 Å². The van der Waals surface area contributed by atoms with Crippen molar-refractivity contribution in [2.45, 2.75) is 57.5 Å². The quantitative estimate of drug-likeness (QED) is 0.875. The highest BCUT2D eigenvalue weighted by Crippen LogP contribution is 2.38. The van der Waals surface area contributed by atoms with Gasteiger partial charge in [-0.15, -0.1) is 0 Å². The average molecular weight is 316 g/mol. The van der Waals surface area contributed by atoms with Crippen LogP contribution < -0.4 is 5.32 Å². The fourth-order valence-corrected chi connectivity index (χ4v) is 3.47. The molecule has 1 fully saturated rings. The Balaban J connectivity index is 1.98. The molecule has 0 amide bonds. The van der Waals surface area contributed by atoms with Crippen LogP contribution in [-0.2, 0) is 15.1 Å². The van der Waals surface area contributed by atoms with Crippen LogP contribution in [0.2, 0.25) is 0 Å². The van der Waals surface area contributed by atoms with Gasteiger partial charge in [0, 0.05) is 0 Å². The Kier molecular flexibility index (Phi) is 4.39. The van der Waals surface area contributed by atoms with Gasteiger partial charge < -0.3 is 9.15 Å². The Morgan fingerprint density at radius 1 is 1.35 bits per heavy atom. The van der Waals surface area contributed by atoms with Crippen LogP contribution >= 0.6 is 0 Å². The third kappa shape index (κ3) is 3.11. The number of hydrogen-bond donors (Lipinski definition) is 1. The smallest absolute Gasteiger partial charge is 0.322 e. The van der Waals surface area contributed by atoms with Crippen LogP contribution in [0.3, 0.4) is 0 Å². The molecule has 3 rings (SSSR count). The third-order valence-electron chi connectivity index (χ3n) is 4.71. The molecule has 1 N–H and O–H groups in total. The summed E-state index contributed by atoms with van der Waals surface area (Å²) in [5.74, 6) is 0.426. The summed E-state index contributed by atoms with van der Waals surface area (Å²) in [5.41, 5.74) is 2.44. The first-order chi connectivity index (χ1) is 11.0. The summed E-state index contributed by atoms with van der Waals surface area (Å²) in [4.78, 5) is 16.6. The molecule has 1 saturated carbocycles. The van der Waals surface area contributed by atoms with E-state index in [1.807, 2.05) is 32.0 Å². The molecule has 0 saturated heterocycles. The summed E-state index contributed by atoms with van der Waals surface area (Å²) in [7, 11) is 1.41. The highest BCUT2D eigenvalue weighted by molar-refractivity contribution is 5.75.